The van der Waals surface area contributed by atoms with Gasteiger partial charge in [-0.25, -0.2) is 4.79 Å². The summed E-state index contributed by atoms with van der Waals surface area (Å²) in [5.74, 6) is -0.347. The van der Waals surface area contributed by atoms with Gasteiger partial charge >= 0.3 is 12.6 Å². The Kier molecular flexibility index (Phi) is 7.66. The smallest absolute Gasteiger partial charge is 0.387 e. The normalized spacial score (nSPS) is 17.7. The maximum Gasteiger partial charge on any atom is 0.387 e. The van der Waals surface area contributed by atoms with E-state index in [1.54, 1.807) is 13.0 Å². The Hall–Kier alpha value is -2.15. The zero-order valence-corrected chi connectivity index (χ0v) is 14.1. The van der Waals surface area contributed by atoms with E-state index in [1.165, 1.54) is 24.3 Å². The molecule has 1 unspecified atom stereocenters. The first kappa shape index (κ1) is 19.2. The molecule has 1 heterocycles. The van der Waals surface area contributed by atoms with Crippen molar-refractivity contribution in [3.63, 3.8) is 0 Å². The van der Waals surface area contributed by atoms with Crippen molar-refractivity contribution in [3.05, 3.63) is 29.8 Å². The van der Waals surface area contributed by atoms with Crippen LogP contribution in [-0.4, -0.2) is 38.5 Å². The van der Waals surface area contributed by atoms with Gasteiger partial charge < -0.3 is 18.9 Å². The lowest BCUT2D eigenvalue weighted by molar-refractivity contribution is -0.143. The first-order chi connectivity index (χ1) is 12.1. The average Bonchev–Trinajstić information content (AvgIpc) is 2.61. The van der Waals surface area contributed by atoms with Gasteiger partial charge in [-0.2, -0.15) is 8.78 Å². The van der Waals surface area contributed by atoms with Crippen LogP contribution in [0.2, 0.25) is 0 Å². The van der Waals surface area contributed by atoms with E-state index < -0.39 is 12.6 Å². The number of rotatable bonds is 8. The number of carbonyl (C=O) groups is 1. The average molecular weight is 356 g/mol. The summed E-state index contributed by atoms with van der Waals surface area (Å²) in [6.45, 7) is 0.0349. The number of ether oxygens (including phenoxy) is 4. The van der Waals surface area contributed by atoms with Crippen molar-refractivity contribution in [2.75, 3.05) is 19.8 Å². The molecule has 0 radical (unpaired) electrons. The number of benzene rings is 1. The van der Waals surface area contributed by atoms with Crippen molar-refractivity contribution in [1.29, 1.82) is 0 Å². The van der Waals surface area contributed by atoms with Crippen molar-refractivity contribution in [3.8, 4) is 11.5 Å². The van der Waals surface area contributed by atoms with Gasteiger partial charge in [-0.15, -0.1) is 0 Å². The van der Waals surface area contributed by atoms with E-state index in [2.05, 4.69) is 4.74 Å². The predicted octanol–water partition coefficient (Wildman–Crippen LogP) is 3.81. The van der Waals surface area contributed by atoms with Gasteiger partial charge in [0.2, 0.25) is 0 Å². The molecule has 0 saturated carbocycles. The molecule has 7 heteroatoms. The molecular formula is C18H22F2O5. The molecule has 0 spiro atoms. The molecule has 1 aromatic carbocycles. The molecular weight excluding hydrogens is 334 g/mol. The van der Waals surface area contributed by atoms with Crippen molar-refractivity contribution in [2.24, 2.45) is 0 Å². The van der Waals surface area contributed by atoms with E-state index in [-0.39, 0.29) is 24.2 Å². The number of esters is 1. The van der Waals surface area contributed by atoms with E-state index in [0.29, 0.717) is 18.8 Å². The Morgan fingerprint density at radius 3 is 2.88 bits per heavy atom. The lowest BCUT2D eigenvalue weighted by Crippen LogP contribution is -2.25. The van der Waals surface area contributed by atoms with Crippen molar-refractivity contribution >= 4 is 12.0 Å². The highest BCUT2D eigenvalue weighted by Crippen LogP contribution is 2.30. The summed E-state index contributed by atoms with van der Waals surface area (Å²) < 4.78 is 45.1. The summed E-state index contributed by atoms with van der Waals surface area (Å²) in [7, 11) is 0. The van der Waals surface area contributed by atoms with Gasteiger partial charge in [-0.1, -0.05) is 6.07 Å². The molecule has 138 valence electrons. The molecule has 1 fully saturated rings. The topological polar surface area (TPSA) is 54.0 Å². The van der Waals surface area contributed by atoms with Crippen LogP contribution in [0.3, 0.4) is 0 Å². The van der Waals surface area contributed by atoms with Gasteiger partial charge in [-0.3, -0.25) is 0 Å². The van der Waals surface area contributed by atoms with Gasteiger partial charge in [0.05, 0.1) is 12.7 Å². The first-order valence-electron chi connectivity index (χ1n) is 8.26. The Labute approximate surface area is 145 Å². The molecule has 0 aliphatic carbocycles. The lowest BCUT2D eigenvalue weighted by Gasteiger charge is -2.21. The molecule has 5 nitrogen and oxygen atoms in total. The molecule has 2 rings (SSSR count). The number of hydrogen-bond acceptors (Lipinski definition) is 5. The Morgan fingerprint density at radius 2 is 2.20 bits per heavy atom. The zero-order valence-electron chi connectivity index (χ0n) is 14.1. The molecule has 25 heavy (non-hydrogen) atoms. The van der Waals surface area contributed by atoms with Crippen LogP contribution in [-0.2, 0) is 14.3 Å². The van der Waals surface area contributed by atoms with E-state index in [0.717, 1.165) is 19.3 Å². The van der Waals surface area contributed by atoms with E-state index in [1.807, 2.05) is 0 Å². The second-order valence-electron chi connectivity index (χ2n) is 5.47. The molecule has 1 atom stereocenters. The molecule has 1 aliphatic heterocycles. The van der Waals surface area contributed by atoms with E-state index in [9.17, 15) is 13.6 Å². The highest BCUT2D eigenvalue weighted by molar-refractivity contribution is 5.87. The number of alkyl halides is 2. The van der Waals surface area contributed by atoms with Crippen molar-refractivity contribution in [1.82, 2.24) is 0 Å². The summed E-state index contributed by atoms with van der Waals surface area (Å²) in [4.78, 5) is 11.8. The Bertz CT molecular complexity index is 583. The Morgan fingerprint density at radius 1 is 1.36 bits per heavy atom. The molecule has 1 aromatic rings. The predicted molar refractivity (Wildman–Crippen MR) is 87.8 cm³/mol. The summed E-state index contributed by atoms with van der Waals surface area (Å²) in [5.41, 5.74) is 0.607. The molecule has 0 N–H and O–H groups in total. The van der Waals surface area contributed by atoms with Crippen LogP contribution >= 0.6 is 0 Å². The molecule has 0 amide bonds. The van der Waals surface area contributed by atoms with Crippen LogP contribution in [0.15, 0.2) is 24.3 Å². The zero-order chi connectivity index (χ0) is 18.1. The van der Waals surface area contributed by atoms with E-state index in [4.69, 9.17) is 14.2 Å². The van der Waals surface area contributed by atoms with E-state index >= 15 is 0 Å². The SMILES string of the molecule is CCOc1cc(/C=C/C(=O)OCC2CCCCO2)ccc1OC(F)F. The fourth-order valence-corrected chi connectivity index (χ4v) is 2.42. The maximum atomic E-state index is 12.4. The highest BCUT2D eigenvalue weighted by atomic mass is 19.3. The van der Waals surface area contributed by atoms with Crippen LogP contribution in [0, 0.1) is 0 Å². The third-order valence-corrected chi connectivity index (χ3v) is 3.58. The summed E-state index contributed by atoms with van der Waals surface area (Å²) >= 11 is 0. The number of carbonyl (C=O) groups excluding carboxylic acids is 1. The van der Waals surface area contributed by atoms with Crippen LogP contribution in [0.1, 0.15) is 31.7 Å². The van der Waals surface area contributed by atoms with Crippen LogP contribution in [0.4, 0.5) is 8.78 Å². The van der Waals surface area contributed by atoms with Gasteiger partial charge in [0.1, 0.15) is 6.61 Å². The second kappa shape index (κ2) is 9.98. The van der Waals surface area contributed by atoms with Crippen molar-refractivity contribution < 1.29 is 32.5 Å². The standard InChI is InChI=1S/C18H22F2O5/c1-2-22-16-11-13(6-8-15(16)25-18(19)20)7-9-17(21)24-12-14-5-3-4-10-23-14/h6-9,11,14,18H,2-5,10,12H2,1H3/b9-7+. The third-order valence-electron chi connectivity index (χ3n) is 3.58. The molecule has 0 aromatic heterocycles. The summed E-state index contributed by atoms with van der Waals surface area (Å²) in [5, 5.41) is 0. The van der Waals surface area contributed by atoms with Crippen LogP contribution in [0.5, 0.6) is 11.5 Å². The summed E-state index contributed by atoms with van der Waals surface area (Å²) in [6.07, 6.45) is 5.77. The minimum atomic E-state index is -2.93. The second-order valence-corrected chi connectivity index (χ2v) is 5.47. The number of halogens is 2. The van der Waals surface area contributed by atoms with Crippen molar-refractivity contribution in [2.45, 2.75) is 38.9 Å². The molecule has 0 bridgehead atoms. The quantitative estimate of drug-likeness (QED) is 0.524. The number of hydrogen-bond donors (Lipinski definition) is 0. The minimum absolute atomic E-state index is 0.0403. The lowest BCUT2D eigenvalue weighted by atomic mass is 10.1. The third kappa shape index (κ3) is 6.70. The molecule has 1 saturated heterocycles. The van der Waals surface area contributed by atoms with Gasteiger partial charge in [-0.05, 0) is 50.0 Å². The largest absolute Gasteiger partial charge is 0.490 e. The van der Waals surface area contributed by atoms with Crippen LogP contribution in [0.25, 0.3) is 6.08 Å². The summed E-state index contributed by atoms with van der Waals surface area (Å²) in [6, 6.07) is 4.45. The van der Waals surface area contributed by atoms with Gasteiger partial charge in [0, 0.05) is 12.7 Å². The van der Waals surface area contributed by atoms with Gasteiger partial charge in [0.15, 0.2) is 11.5 Å². The fourth-order valence-electron chi connectivity index (χ4n) is 2.42. The minimum Gasteiger partial charge on any atom is -0.490 e. The van der Waals surface area contributed by atoms with Gasteiger partial charge in [0.25, 0.3) is 0 Å². The Balaban J connectivity index is 1.92. The monoisotopic (exact) mass is 356 g/mol. The molecule has 1 aliphatic rings. The van der Waals surface area contributed by atoms with Crippen LogP contribution < -0.4 is 9.47 Å². The first-order valence-corrected chi connectivity index (χ1v) is 8.26. The highest BCUT2D eigenvalue weighted by Gasteiger charge is 2.15. The fraction of sp³-hybridized carbons (Fsp3) is 0.500. The maximum absolute atomic E-state index is 12.4.